The van der Waals surface area contributed by atoms with Gasteiger partial charge < -0.3 is 20.4 Å². The molecule has 1 heterocycles. The molecule has 0 unspecified atom stereocenters. The van der Waals surface area contributed by atoms with Gasteiger partial charge in [0.1, 0.15) is 0 Å². The van der Waals surface area contributed by atoms with Crippen LogP contribution in [0.25, 0.3) is 0 Å². The number of oxime groups is 1. The van der Waals surface area contributed by atoms with Crippen molar-refractivity contribution in [2.75, 3.05) is 19.8 Å². The lowest BCUT2D eigenvalue weighted by molar-refractivity contribution is 0.0491. The molecule has 3 N–H and O–H groups in total. The van der Waals surface area contributed by atoms with Gasteiger partial charge in [0.25, 0.3) is 0 Å². The number of rotatable bonds is 4. The van der Waals surface area contributed by atoms with Crippen molar-refractivity contribution in [1.82, 2.24) is 0 Å². The minimum Gasteiger partial charge on any atom is -0.490 e. The predicted molar refractivity (Wildman–Crippen MR) is 75.6 cm³/mol. The first-order valence-corrected chi connectivity index (χ1v) is 7.09. The van der Waals surface area contributed by atoms with E-state index < -0.39 is 5.82 Å². The molecule has 0 amide bonds. The molecule has 1 aliphatic heterocycles. The Hall–Kier alpha value is -1.34. The summed E-state index contributed by atoms with van der Waals surface area (Å²) in [6.07, 6.45) is 1.84. The monoisotopic (exact) mass is 346 g/mol. The summed E-state index contributed by atoms with van der Waals surface area (Å²) in [4.78, 5) is 0. The fraction of sp³-hybridized carbons (Fsp3) is 0.462. The van der Waals surface area contributed by atoms with Gasteiger partial charge in [-0.25, -0.2) is 4.39 Å². The molecule has 0 bridgehead atoms. The summed E-state index contributed by atoms with van der Waals surface area (Å²) < 4.78 is 25.0. The van der Waals surface area contributed by atoms with Crippen LogP contribution in [-0.2, 0) is 4.74 Å². The van der Waals surface area contributed by atoms with Gasteiger partial charge in [-0.2, -0.15) is 0 Å². The van der Waals surface area contributed by atoms with Crippen molar-refractivity contribution in [3.63, 3.8) is 0 Å². The Balaban J connectivity index is 2.07. The fourth-order valence-corrected chi connectivity index (χ4v) is 2.55. The molecule has 1 saturated heterocycles. The molecule has 1 aliphatic rings. The molecule has 5 nitrogen and oxygen atoms in total. The summed E-state index contributed by atoms with van der Waals surface area (Å²) in [6, 6.07) is 3.02. The summed E-state index contributed by atoms with van der Waals surface area (Å²) in [7, 11) is 0. The number of nitrogens with zero attached hydrogens (tertiary/aromatic N) is 1. The van der Waals surface area contributed by atoms with E-state index in [0.29, 0.717) is 12.5 Å². The van der Waals surface area contributed by atoms with Crippen molar-refractivity contribution >= 4 is 21.8 Å². The molecule has 0 aliphatic carbocycles. The number of nitrogens with two attached hydrogens (primary N) is 1. The van der Waals surface area contributed by atoms with Crippen molar-refractivity contribution in [3.8, 4) is 5.75 Å². The standard InChI is InChI=1S/C13H16BrFN2O3/c14-11-9(13(16)17-18)1-2-10(12(11)15)20-7-8-3-5-19-6-4-8/h1-2,8,18H,3-7H2,(H2,16,17). The highest BCUT2D eigenvalue weighted by molar-refractivity contribution is 9.10. The van der Waals surface area contributed by atoms with Gasteiger partial charge >= 0.3 is 0 Å². The van der Waals surface area contributed by atoms with Crippen molar-refractivity contribution in [2.45, 2.75) is 12.8 Å². The number of amidine groups is 1. The second kappa shape index (κ2) is 6.90. The van der Waals surface area contributed by atoms with Gasteiger partial charge in [0.05, 0.1) is 11.1 Å². The van der Waals surface area contributed by atoms with Crippen LogP contribution in [0.2, 0.25) is 0 Å². The van der Waals surface area contributed by atoms with Crippen molar-refractivity contribution in [1.29, 1.82) is 0 Å². The predicted octanol–water partition coefficient (Wildman–Crippen LogP) is 2.49. The van der Waals surface area contributed by atoms with Crippen molar-refractivity contribution in [2.24, 2.45) is 16.8 Å². The van der Waals surface area contributed by atoms with Crippen LogP contribution >= 0.6 is 15.9 Å². The molecule has 0 radical (unpaired) electrons. The SMILES string of the molecule is N/C(=N/O)c1ccc(OCC2CCOCC2)c(F)c1Br. The van der Waals surface area contributed by atoms with Gasteiger partial charge in [-0.15, -0.1) is 0 Å². The minimum atomic E-state index is -0.554. The molecule has 1 aromatic rings. The van der Waals surface area contributed by atoms with E-state index in [1.165, 1.54) is 6.07 Å². The molecular weight excluding hydrogens is 331 g/mol. The lowest BCUT2D eigenvalue weighted by Gasteiger charge is -2.22. The van der Waals surface area contributed by atoms with E-state index in [2.05, 4.69) is 21.1 Å². The number of halogens is 2. The maximum Gasteiger partial charge on any atom is 0.179 e. The number of hydrogen-bond donors (Lipinski definition) is 2. The van der Waals surface area contributed by atoms with Gasteiger partial charge in [-0.05, 0) is 46.8 Å². The smallest absolute Gasteiger partial charge is 0.179 e. The zero-order valence-electron chi connectivity index (χ0n) is 10.8. The average Bonchev–Trinajstić information content (AvgIpc) is 2.49. The first-order valence-electron chi connectivity index (χ1n) is 6.30. The van der Waals surface area contributed by atoms with Crippen LogP contribution in [0.4, 0.5) is 4.39 Å². The highest BCUT2D eigenvalue weighted by Crippen LogP contribution is 2.29. The third-order valence-corrected chi connectivity index (χ3v) is 4.02. The number of ether oxygens (including phenoxy) is 2. The van der Waals surface area contributed by atoms with Gasteiger partial charge in [-0.1, -0.05) is 5.16 Å². The maximum absolute atomic E-state index is 14.1. The Morgan fingerprint density at radius 2 is 2.20 bits per heavy atom. The second-order valence-corrected chi connectivity index (χ2v) is 5.38. The summed E-state index contributed by atoms with van der Waals surface area (Å²) >= 11 is 3.09. The largest absolute Gasteiger partial charge is 0.490 e. The lowest BCUT2D eigenvalue weighted by atomic mass is 10.0. The van der Waals surface area contributed by atoms with Crippen molar-refractivity contribution < 1.29 is 19.1 Å². The summed E-state index contributed by atoms with van der Waals surface area (Å²) in [5, 5.41) is 11.5. The maximum atomic E-state index is 14.1. The molecule has 20 heavy (non-hydrogen) atoms. The molecule has 0 atom stereocenters. The van der Waals surface area contributed by atoms with Gasteiger partial charge in [0.15, 0.2) is 17.4 Å². The first kappa shape index (κ1) is 15.1. The van der Waals surface area contributed by atoms with E-state index in [-0.39, 0.29) is 21.6 Å². The molecule has 110 valence electrons. The van der Waals surface area contributed by atoms with Crippen LogP contribution in [0.5, 0.6) is 5.75 Å². The summed E-state index contributed by atoms with van der Waals surface area (Å²) in [5.74, 6) is -0.184. The van der Waals surface area contributed by atoms with E-state index in [1.807, 2.05) is 0 Å². The Kier molecular flexibility index (Phi) is 5.19. The molecule has 2 rings (SSSR count). The molecular formula is C13H16BrFN2O3. The van der Waals surface area contributed by atoms with E-state index in [0.717, 1.165) is 26.1 Å². The van der Waals surface area contributed by atoms with E-state index in [1.54, 1.807) is 6.07 Å². The zero-order chi connectivity index (χ0) is 14.5. The van der Waals surface area contributed by atoms with Crippen LogP contribution in [0.3, 0.4) is 0 Å². The third-order valence-electron chi connectivity index (χ3n) is 3.25. The molecule has 1 aromatic carbocycles. The lowest BCUT2D eigenvalue weighted by Crippen LogP contribution is -2.22. The van der Waals surface area contributed by atoms with Crippen molar-refractivity contribution in [3.05, 3.63) is 28.0 Å². The highest BCUT2D eigenvalue weighted by Gasteiger charge is 2.18. The van der Waals surface area contributed by atoms with Crippen LogP contribution in [0.1, 0.15) is 18.4 Å². The molecule has 7 heteroatoms. The minimum absolute atomic E-state index is 0.122. The number of benzene rings is 1. The Morgan fingerprint density at radius 3 is 2.85 bits per heavy atom. The molecule has 0 spiro atoms. The van der Waals surface area contributed by atoms with Crippen LogP contribution < -0.4 is 10.5 Å². The molecule has 1 fully saturated rings. The Bertz CT molecular complexity index is 505. The van der Waals surface area contributed by atoms with Gasteiger partial charge in [0, 0.05) is 18.8 Å². The van der Waals surface area contributed by atoms with Gasteiger partial charge in [-0.3, -0.25) is 0 Å². The summed E-state index contributed by atoms with van der Waals surface area (Å²) in [6.45, 7) is 1.90. The average molecular weight is 347 g/mol. The first-order chi connectivity index (χ1) is 9.63. The molecule has 0 saturated carbocycles. The van der Waals surface area contributed by atoms with Crippen LogP contribution in [0.15, 0.2) is 21.8 Å². The van der Waals surface area contributed by atoms with Crippen LogP contribution in [0, 0.1) is 11.7 Å². The fourth-order valence-electron chi connectivity index (χ4n) is 2.02. The van der Waals surface area contributed by atoms with Crippen LogP contribution in [-0.4, -0.2) is 30.9 Å². The highest BCUT2D eigenvalue weighted by atomic mass is 79.9. The van der Waals surface area contributed by atoms with E-state index in [9.17, 15) is 4.39 Å². The van der Waals surface area contributed by atoms with E-state index >= 15 is 0 Å². The second-order valence-electron chi connectivity index (χ2n) is 4.59. The molecule has 0 aromatic heterocycles. The quantitative estimate of drug-likeness (QED) is 0.380. The summed E-state index contributed by atoms with van der Waals surface area (Å²) in [5.41, 5.74) is 5.73. The van der Waals surface area contributed by atoms with E-state index in [4.69, 9.17) is 20.4 Å². The zero-order valence-corrected chi connectivity index (χ0v) is 12.4. The Morgan fingerprint density at radius 1 is 1.50 bits per heavy atom. The third kappa shape index (κ3) is 3.40. The normalized spacial score (nSPS) is 17.2. The Labute approximate surface area is 124 Å². The number of hydrogen-bond acceptors (Lipinski definition) is 4. The van der Waals surface area contributed by atoms with Gasteiger partial charge in [0.2, 0.25) is 0 Å². The topological polar surface area (TPSA) is 77.1 Å².